The highest BCUT2D eigenvalue weighted by molar-refractivity contribution is 5.86. The zero-order valence-corrected chi connectivity index (χ0v) is 14.9. The molecule has 2 aromatic carbocycles. The third kappa shape index (κ3) is 4.33. The van der Waals surface area contributed by atoms with Crippen LogP contribution < -0.4 is 9.64 Å². The molecule has 0 saturated heterocycles. The summed E-state index contributed by atoms with van der Waals surface area (Å²) in [5.74, 6) is -0.0188. The maximum Gasteiger partial charge on any atom is 0.303 e. The molecular weight excluding hydrogens is 326 g/mol. The summed E-state index contributed by atoms with van der Waals surface area (Å²) in [6.45, 7) is 3.21. The molecule has 3 rings (SSSR count). The molecule has 0 fully saturated rings. The average molecular weight is 349 g/mol. The fraction of sp³-hybridized carbons (Fsp3) is 0.227. The number of allylic oxidation sites excluding steroid dienone is 3. The lowest BCUT2D eigenvalue weighted by molar-refractivity contribution is -0.137. The average Bonchev–Trinajstić information content (AvgIpc) is 2.66. The normalized spacial score (nSPS) is 14.3. The zero-order chi connectivity index (χ0) is 18.4. The molecule has 1 N–H and O–H groups in total. The number of carbonyl (C=O) groups is 1. The molecule has 2 aromatic rings. The minimum absolute atomic E-state index is 0.127. The van der Waals surface area contributed by atoms with Crippen LogP contribution in [0.5, 0.6) is 5.75 Å². The van der Waals surface area contributed by atoms with E-state index < -0.39 is 5.97 Å². The summed E-state index contributed by atoms with van der Waals surface area (Å²) in [4.78, 5) is 12.8. The molecule has 0 amide bonds. The van der Waals surface area contributed by atoms with Crippen molar-refractivity contribution in [1.29, 1.82) is 0 Å². The number of para-hydroxylation sites is 1. The van der Waals surface area contributed by atoms with Crippen LogP contribution in [0.2, 0.25) is 0 Å². The van der Waals surface area contributed by atoms with Gasteiger partial charge in [-0.05, 0) is 48.8 Å². The van der Waals surface area contributed by atoms with Crippen LogP contribution >= 0.6 is 0 Å². The topological polar surface area (TPSA) is 49.8 Å². The number of hydrogen-bond donors (Lipinski definition) is 1. The van der Waals surface area contributed by atoms with E-state index in [-0.39, 0.29) is 6.42 Å². The van der Waals surface area contributed by atoms with E-state index in [0.717, 1.165) is 17.9 Å². The van der Waals surface area contributed by atoms with Crippen LogP contribution in [0.1, 0.15) is 30.9 Å². The van der Waals surface area contributed by atoms with Gasteiger partial charge in [0.25, 0.3) is 0 Å². The Labute approximate surface area is 154 Å². The van der Waals surface area contributed by atoms with Gasteiger partial charge in [0.2, 0.25) is 0 Å². The van der Waals surface area contributed by atoms with Gasteiger partial charge >= 0.3 is 5.97 Å². The molecule has 0 unspecified atom stereocenters. The van der Waals surface area contributed by atoms with Gasteiger partial charge in [-0.25, -0.2) is 0 Å². The standard InChI is InChI=1S/C22H23NO3/c1-2-18-12-13-23(21-10-4-3-9-20(18)21)16-17-7-5-8-19(15-17)26-14-6-11-22(24)25/h2-5,7-10,12-13,15H,6,11,14,16H2,1H3,(H,24,25). The molecule has 0 bridgehead atoms. The smallest absolute Gasteiger partial charge is 0.303 e. The molecule has 26 heavy (non-hydrogen) atoms. The fourth-order valence-corrected chi connectivity index (χ4v) is 3.04. The summed E-state index contributed by atoms with van der Waals surface area (Å²) in [6.07, 6.45) is 7.00. The number of benzene rings is 2. The van der Waals surface area contributed by atoms with Crippen molar-refractivity contribution in [2.75, 3.05) is 11.5 Å². The number of hydrogen-bond acceptors (Lipinski definition) is 3. The van der Waals surface area contributed by atoms with Gasteiger partial charge in [-0.1, -0.05) is 36.4 Å². The summed E-state index contributed by atoms with van der Waals surface area (Å²) in [7, 11) is 0. The fourth-order valence-electron chi connectivity index (χ4n) is 3.04. The second-order valence-electron chi connectivity index (χ2n) is 6.20. The molecule has 1 heterocycles. The number of carboxylic acids is 1. The second-order valence-corrected chi connectivity index (χ2v) is 6.20. The lowest BCUT2D eigenvalue weighted by Crippen LogP contribution is -2.19. The maximum atomic E-state index is 10.6. The van der Waals surface area contributed by atoms with Gasteiger partial charge in [0.05, 0.1) is 6.61 Å². The van der Waals surface area contributed by atoms with Crippen molar-refractivity contribution in [2.45, 2.75) is 26.3 Å². The van der Waals surface area contributed by atoms with Gasteiger partial charge < -0.3 is 14.7 Å². The van der Waals surface area contributed by atoms with Gasteiger partial charge in [0.15, 0.2) is 0 Å². The number of anilines is 1. The van der Waals surface area contributed by atoms with E-state index in [2.05, 4.69) is 60.5 Å². The van der Waals surface area contributed by atoms with Crippen molar-refractivity contribution in [3.63, 3.8) is 0 Å². The molecular formula is C22H23NO3. The summed E-state index contributed by atoms with van der Waals surface area (Å²) in [5, 5.41) is 8.68. The van der Waals surface area contributed by atoms with Crippen LogP contribution in [0.25, 0.3) is 5.57 Å². The van der Waals surface area contributed by atoms with Crippen molar-refractivity contribution in [2.24, 2.45) is 0 Å². The van der Waals surface area contributed by atoms with Crippen LogP contribution in [0.4, 0.5) is 5.69 Å². The number of rotatable bonds is 7. The first kappa shape index (κ1) is 17.8. The van der Waals surface area contributed by atoms with Gasteiger partial charge in [0.1, 0.15) is 5.75 Å². The molecule has 1 aliphatic heterocycles. The molecule has 0 aromatic heterocycles. The van der Waals surface area contributed by atoms with E-state index in [1.165, 1.54) is 16.8 Å². The summed E-state index contributed by atoms with van der Waals surface area (Å²) < 4.78 is 5.68. The van der Waals surface area contributed by atoms with Crippen LogP contribution in [0.15, 0.2) is 66.9 Å². The Balaban J connectivity index is 1.70. The highest BCUT2D eigenvalue weighted by Crippen LogP contribution is 2.33. The van der Waals surface area contributed by atoms with Crippen molar-refractivity contribution >= 4 is 17.2 Å². The van der Waals surface area contributed by atoms with Gasteiger partial charge in [-0.15, -0.1) is 0 Å². The number of aliphatic carboxylic acids is 1. The lowest BCUT2D eigenvalue weighted by atomic mass is 9.99. The first-order valence-electron chi connectivity index (χ1n) is 8.81. The Kier molecular flexibility index (Phi) is 5.74. The van der Waals surface area contributed by atoms with E-state index >= 15 is 0 Å². The molecule has 0 aliphatic carbocycles. The minimum atomic E-state index is -0.793. The first-order valence-corrected chi connectivity index (χ1v) is 8.81. The Morgan fingerprint density at radius 3 is 2.85 bits per heavy atom. The molecule has 0 saturated carbocycles. The van der Waals surface area contributed by atoms with Crippen molar-refractivity contribution in [3.05, 3.63) is 78.0 Å². The summed E-state index contributed by atoms with van der Waals surface area (Å²) in [6, 6.07) is 16.4. The number of ether oxygens (including phenoxy) is 1. The number of fused-ring (bicyclic) bond motifs is 1. The van der Waals surface area contributed by atoms with Gasteiger partial charge in [-0.3, -0.25) is 4.79 Å². The third-order valence-corrected chi connectivity index (χ3v) is 4.32. The van der Waals surface area contributed by atoms with Crippen molar-refractivity contribution in [1.82, 2.24) is 0 Å². The van der Waals surface area contributed by atoms with E-state index in [0.29, 0.717) is 13.0 Å². The minimum Gasteiger partial charge on any atom is -0.494 e. The largest absolute Gasteiger partial charge is 0.494 e. The Bertz CT molecular complexity index is 839. The highest BCUT2D eigenvalue weighted by atomic mass is 16.5. The van der Waals surface area contributed by atoms with Gasteiger partial charge in [-0.2, -0.15) is 0 Å². The van der Waals surface area contributed by atoms with Crippen molar-refractivity contribution in [3.8, 4) is 5.75 Å². The number of nitrogens with zero attached hydrogens (tertiary/aromatic N) is 1. The van der Waals surface area contributed by atoms with Gasteiger partial charge in [0, 0.05) is 30.4 Å². The highest BCUT2D eigenvalue weighted by Gasteiger charge is 2.15. The Hall–Kier alpha value is -3.01. The molecule has 4 heteroatoms. The predicted octanol–water partition coefficient (Wildman–Crippen LogP) is 4.87. The van der Waals surface area contributed by atoms with E-state index in [1.807, 2.05) is 18.2 Å². The molecule has 0 atom stereocenters. The molecule has 4 nitrogen and oxygen atoms in total. The van der Waals surface area contributed by atoms with E-state index in [1.54, 1.807) is 0 Å². The summed E-state index contributed by atoms with van der Waals surface area (Å²) in [5.41, 5.74) is 4.80. The van der Waals surface area contributed by atoms with Crippen LogP contribution in [-0.4, -0.2) is 17.7 Å². The van der Waals surface area contributed by atoms with Crippen molar-refractivity contribution < 1.29 is 14.6 Å². The van der Waals surface area contributed by atoms with E-state index in [4.69, 9.17) is 9.84 Å². The van der Waals surface area contributed by atoms with Crippen LogP contribution in [0.3, 0.4) is 0 Å². The maximum absolute atomic E-state index is 10.6. The quantitative estimate of drug-likeness (QED) is 0.725. The first-order chi connectivity index (χ1) is 12.7. The second kappa shape index (κ2) is 8.39. The SMILES string of the molecule is CC=C1C=CN(Cc2cccc(OCCCC(=O)O)c2)c2ccccc21. The molecule has 134 valence electrons. The monoisotopic (exact) mass is 349 g/mol. The third-order valence-electron chi connectivity index (χ3n) is 4.32. The molecule has 1 aliphatic rings. The Morgan fingerprint density at radius 2 is 2.04 bits per heavy atom. The van der Waals surface area contributed by atoms with Crippen LogP contribution in [-0.2, 0) is 11.3 Å². The van der Waals surface area contributed by atoms with Crippen LogP contribution in [0, 0.1) is 0 Å². The Morgan fingerprint density at radius 1 is 1.19 bits per heavy atom. The predicted molar refractivity (Wildman–Crippen MR) is 104 cm³/mol. The number of carboxylic acid groups (broad SMARTS) is 1. The lowest BCUT2D eigenvalue weighted by Gasteiger charge is -2.28. The molecule has 0 spiro atoms. The van der Waals surface area contributed by atoms with E-state index in [9.17, 15) is 4.79 Å². The summed E-state index contributed by atoms with van der Waals surface area (Å²) >= 11 is 0. The molecule has 0 radical (unpaired) electrons. The zero-order valence-electron chi connectivity index (χ0n) is 14.9.